The predicted octanol–water partition coefficient (Wildman–Crippen LogP) is -1.23. The van der Waals surface area contributed by atoms with Gasteiger partial charge in [-0.05, 0) is 6.92 Å². The molecule has 0 fully saturated rings. The Morgan fingerprint density at radius 1 is 1.00 bits per heavy atom. The first-order valence-corrected chi connectivity index (χ1v) is 5.38. The van der Waals surface area contributed by atoms with Gasteiger partial charge in [0.15, 0.2) is 5.54 Å². The molecule has 90 valence electrons. The van der Waals surface area contributed by atoms with Gasteiger partial charge in [0.2, 0.25) is 0 Å². The molecule has 4 heteroatoms. The second-order valence-electron chi connectivity index (χ2n) is 4.23. The highest BCUT2D eigenvalue weighted by atomic mass is 16.3. The maximum absolute atomic E-state index is 9.15. The third-order valence-electron chi connectivity index (χ3n) is 2.84. The maximum Gasteiger partial charge on any atom is 0.166 e. The molecule has 1 aromatic carbocycles. The zero-order chi connectivity index (χ0) is 12.0. The molecule has 0 saturated heterocycles. The molecule has 0 bridgehead atoms. The number of aryl methyl sites for hydroxylation is 1. The second-order valence-corrected chi connectivity index (χ2v) is 4.23. The summed E-state index contributed by atoms with van der Waals surface area (Å²) in [4.78, 5) is 0. The van der Waals surface area contributed by atoms with E-state index in [1.54, 1.807) is 5.32 Å². The van der Waals surface area contributed by atoms with Gasteiger partial charge in [0.05, 0.1) is 0 Å². The van der Waals surface area contributed by atoms with Gasteiger partial charge in [0.25, 0.3) is 0 Å². The van der Waals surface area contributed by atoms with Crippen LogP contribution in [0.3, 0.4) is 0 Å². The molecule has 0 radical (unpaired) electrons. The minimum Gasteiger partial charge on any atom is -0.390 e. The zero-order valence-corrected chi connectivity index (χ0v) is 9.56. The Bertz CT molecular complexity index is 298. The van der Waals surface area contributed by atoms with Crippen LogP contribution < -0.4 is 5.32 Å². The molecule has 0 aliphatic rings. The molecule has 1 rings (SSSR count). The molecule has 1 aromatic rings. The minimum absolute atomic E-state index is 0.244. The topological polar surface area (TPSA) is 77.3 Å². The van der Waals surface area contributed by atoms with E-state index in [-0.39, 0.29) is 19.8 Å². The largest absolute Gasteiger partial charge is 0.390 e. The van der Waals surface area contributed by atoms with Crippen LogP contribution in [-0.2, 0) is 6.54 Å². The fraction of sp³-hybridized carbons (Fsp3) is 0.500. The molecular formula is C12H20NO3+. The van der Waals surface area contributed by atoms with E-state index >= 15 is 0 Å². The lowest BCUT2D eigenvalue weighted by Crippen LogP contribution is -2.99. The Labute approximate surface area is 95.6 Å². The van der Waals surface area contributed by atoms with Gasteiger partial charge >= 0.3 is 0 Å². The molecule has 0 spiro atoms. The standard InChI is InChI=1S/C12H19NO3/c1-10-2-4-11(5-3-10)6-13-12(7-14,8-15)9-16/h2-5,13-16H,6-9H2,1H3/p+1. The summed E-state index contributed by atoms with van der Waals surface area (Å²) in [6.07, 6.45) is 0. The third kappa shape index (κ3) is 3.28. The van der Waals surface area contributed by atoms with Crippen molar-refractivity contribution in [1.29, 1.82) is 0 Å². The Kier molecular flexibility index (Phi) is 4.89. The second kappa shape index (κ2) is 5.96. The summed E-state index contributed by atoms with van der Waals surface area (Å²) in [7, 11) is 0. The van der Waals surface area contributed by atoms with Crippen LogP contribution in [-0.4, -0.2) is 40.7 Å². The van der Waals surface area contributed by atoms with Crippen LogP contribution in [0.15, 0.2) is 24.3 Å². The molecule has 0 aliphatic heterocycles. The van der Waals surface area contributed by atoms with Gasteiger partial charge in [-0.2, -0.15) is 0 Å². The lowest BCUT2D eigenvalue weighted by atomic mass is 10.0. The summed E-state index contributed by atoms with van der Waals surface area (Å²) >= 11 is 0. The quantitative estimate of drug-likeness (QED) is 0.491. The lowest BCUT2D eigenvalue weighted by Gasteiger charge is -2.25. The molecule has 0 saturated carbocycles. The van der Waals surface area contributed by atoms with Gasteiger partial charge in [0, 0.05) is 5.56 Å². The fourth-order valence-corrected chi connectivity index (χ4v) is 1.40. The zero-order valence-electron chi connectivity index (χ0n) is 9.56. The van der Waals surface area contributed by atoms with Crippen LogP contribution in [0.25, 0.3) is 0 Å². The van der Waals surface area contributed by atoms with Gasteiger partial charge in [-0.1, -0.05) is 29.8 Å². The summed E-state index contributed by atoms with van der Waals surface area (Å²) in [6.45, 7) is 1.92. The van der Waals surface area contributed by atoms with Crippen LogP contribution in [0.1, 0.15) is 11.1 Å². The normalized spacial score (nSPS) is 11.8. The average Bonchev–Trinajstić information content (AvgIpc) is 2.34. The fourth-order valence-electron chi connectivity index (χ4n) is 1.40. The first-order chi connectivity index (χ1) is 7.65. The first-order valence-electron chi connectivity index (χ1n) is 5.38. The Balaban J connectivity index is 2.58. The third-order valence-corrected chi connectivity index (χ3v) is 2.84. The smallest absolute Gasteiger partial charge is 0.166 e. The molecule has 5 N–H and O–H groups in total. The van der Waals surface area contributed by atoms with Crippen molar-refractivity contribution in [1.82, 2.24) is 0 Å². The number of hydrogen-bond donors (Lipinski definition) is 4. The van der Waals surface area contributed by atoms with Crippen molar-refractivity contribution >= 4 is 0 Å². The molecule has 0 heterocycles. The number of aliphatic hydroxyl groups excluding tert-OH is 3. The first kappa shape index (κ1) is 13.1. The van der Waals surface area contributed by atoms with Crippen molar-refractivity contribution in [2.24, 2.45) is 0 Å². The van der Waals surface area contributed by atoms with Gasteiger partial charge in [-0.3, -0.25) is 0 Å². The average molecular weight is 226 g/mol. The van der Waals surface area contributed by atoms with E-state index in [0.29, 0.717) is 6.54 Å². The van der Waals surface area contributed by atoms with E-state index in [1.165, 1.54) is 5.56 Å². The van der Waals surface area contributed by atoms with E-state index in [1.807, 2.05) is 31.2 Å². The molecule has 0 aliphatic carbocycles. The Morgan fingerprint density at radius 2 is 1.50 bits per heavy atom. The van der Waals surface area contributed by atoms with Crippen molar-refractivity contribution in [3.8, 4) is 0 Å². The molecule has 0 unspecified atom stereocenters. The summed E-state index contributed by atoms with van der Waals surface area (Å²) in [5, 5.41) is 29.2. The van der Waals surface area contributed by atoms with Crippen LogP contribution in [0, 0.1) is 6.92 Å². The van der Waals surface area contributed by atoms with Gasteiger partial charge in [-0.15, -0.1) is 0 Å². The Morgan fingerprint density at radius 3 is 1.94 bits per heavy atom. The minimum atomic E-state index is -0.884. The molecule has 0 aromatic heterocycles. The van der Waals surface area contributed by atoms with E-state index in [0.717, 1.165) is 5.56 Å². The summed E-state index contributed by atoms with van der Waals surface area (Å²) in [6, 6.07) is 8.04. The van der Waals surface area contributed by atoms with Crippen molar-refractivity contribution in [3.63, 3.8) is 0 Å². The highest BCUT2D eigenvalue weighted by molar-refractivity contribution is 5.20. The number of rotatable bonds is 6. The van der Waals surface area contributed by atoms with E-state index < -0.39 is 5.54 Å². The highest BCUT2D eigenvalue weighted by Crippen LogP contribution is 2.02. The van der Waals surface area contributed by atoms with Crippen molar-refractivity contribution in [2.45, 2.75) is 19.0 Å². The molecule has 0 amide bonds. The summed E-state index contributed by atoms with van der Waals surface area (Å²) < 4.78 is 0. The summed E-state index contributed by atoms with van der Waals surface area (Å²) in [5.41, 5.74) is 1.41. The molecular weight excluding hydrogens is 206 g/mol. The SMILES string of the molecule is Cc1ccc(C[NH2+]C(CO)(CO)CO)cc1. The number of hydrogen-bond acceptors (Lipinski definition) is 3. The number of aliphatic hydroxyl groups is 3. The van der Waals surface area contributed by atoms with Gasteiger partial charge in [-0.25, -0.2) is 0 Å². The molecule has 16 heavy (non-hydrogen) atoms. The van der Waals surface area contributed by atoms with Gasteiger partial charge in [0.1, 0.15) is 26.4 Å². The van der Waals surface area contributed by atoms with Crippen LogP contribution in [0.2, 0.25) is 0 Å². The van der Waals surface area contributed by atoms with Gasteiger partial charge < -0.3 is 20.6 Å². The lowest BCUT2D eigenvalue weighted by molar-refractivity contribution is -0.746. The van der Waals surface area contributed by atoms with E-state index in [4.69, 9.17) is 15.3 Å². The number of benzene rings is 1. The van der Waals surface area contributed by atoms with Crippen LogP contribution in [0.5, 0.6) is 0 Å². The number of nitrogens with two attached hydrogens (primary N) is 1. The van der Waals surface area contributed by atoms with E-state index in [9.17, 15) is 0 Å². The van der Waals surface area contributed by atoms with Crippen molar-refractivity contribution < 1.29 is 20.6 Å². The van der Waals surface area contributed by atoms with Crippen LogP contribution >= 0.6 is 0 Å². The maximum atomic E-state index is 9.15. The monoisotopic (exact) mass is 226 g/mol. The van der Waals surface area contributed by atoms with E-state index in [2.05, 4.69) is 0 Å². The molecule has 4 nitrogen and oxygen atoms in total. The predicted molar refractivity (Wildman–Crippen MR) is 60.8 cm³/mol. The van der Waals surface area contributed by atoms with Crippen molar-refractivity contribution in [3.05, 3.63) is 35.4 Å². The molecule has 0 atom stereocenters. The Hall–Kier alpha value is -0.940. The van der Waals surface area contributed by atoms with Crippen LogP contribution in [0.4, 0.5) is 0 Å². The highest BCUT2D eigenvalue weighted by Gasteiger charge is 2.31. The summed E-state index contributed by atoms with van der Waals surface area (Å²) in [5.74, 6) is 0. The van der Waals surface area contributed by atoms with Crippen molar-refractivity contribution in [2.75, 3.05) is 19.8 Å². The number of quaternary nitrogens is 1.